The van der Waals surface area contributed by atoms with Crippen molar-refractivity contribution in [3.05, 3.63) is 100 Å². The van der Waals surface area contributed by atoms with Crippen LogP contribution >= 0.6 is 11.6 Å². The van der Waals surface area contributed by atoms with Crippen molar-refractivity contribution < 1.29 is 19.5 Å². The van der Waals surface area contributed by atoms with Gasteiger partial charge in [-0.05, 0) is 60.5 Å². The lowest BCUT2D eigenvalue weighted by Gasteiger charge is -2.15. The largest absolute Gasteiger partial charge is 0.497 e. The first-order chi connectivity index (χ1) is 15.9. The van der Waals surface area contributed by atoms with E-state index in [2.05, 4.69) is 0 Å². The smallest absolute Gasteiger partial charge is 0.262 e. The van der Waals surface area contributed by atoms with Crippen LogP contribution in [-0.4, -0.2) is 33.8 Å². The van der Waals surface area contributed by atoms with Crippen LogP contribution < -0.4 is 4.74 Å². The Morgan fingerprint density at radius 2 is 1.73 bits per heavy atom. The molecule has 7 heteroatoms. The Kier molecular flexibility index (Phi) is 6.49. The van der Waals surface area contributed by atoms with Gasteiger partial charge in [-0.15, -0.1) is 0 Å². The highest BCUT2D eigenvalue weighted by molar-refractivity contribution is 6.30. The molecule has 0 unspecified atom stereocenters. The number of methoxy groups -OCH3 is 1. The summed E-state index contributed by atoms with van der Waals surface area (Å²) in [6.07, 6.45) is -0.0697. The van der Waals surface area contributed by atoms with Crippen LogP contribution in [0.15, 0.2) is 72.8 Å². The second-order valence-corrected chi connectivity index (χ2v) is 8.14. The maximum atomic E-state index is 13.4. The van der Waals surface area contributed by atoms with Gasteiger partial charge in [-0.3, -0.25) is 19.4 Å². The molecule has 33 heavy (non-hydrogen) atoms. The monoisotopic (exact) mass is 462 g/mol. The van der Waals surface area contributed by atoms with Crippen LogP contribution in [0.4, 0.5) is 0 Å². The van der Waals surface area contributed by atoms with E-state index in [1.807, 2.05) is 30.3 Å². The summed E-state index contributed by atoms with van der Waals surface area (Å²) in [5.41, 5.74) is 3.22. The van der Waals surface area contributed by atoms with Gasteiger partial charge in [-0.2, -0.15) is 0 Å². The fraction of sp³-hybridized carbons (Fsp3) is 0.154. The molecular formula is C26H23ClN2O4. The molecule has 0 fully saturated rings. The molecule has 1 heterocycles. The lowest BCUT2D eigenvalue weighted by Crippen LogP contribution is -2.28. The van der Waals surface area contributed by atoms with Gasteiger partial charge in [0.15, 0.2) is 0 Å². The highest BCUT2D eigenvalue weighted by Gasteiger charge is 2.23. The summed E-state index contributed by atoms with van der Waals surface area (Å²) in [6.45, 7) is 1.87. The molecule has 3 aromatic carbocycles. The second kappa shape index (κ2) is 9.48. The average molecular weight is 463 g/mol. The maximum Gasteiger partial charge on any atom is 0.262 e. The van der Waals surface area contributed by atoms with Gasteiger partial charge in [0.25, 0.3) is 11.8 Å². The Balaban J connectivity index is 1.72. The standard InChI is InChI=1S/C26H23ClN2O4/c1-17-22(15-25(30)28(32)16-18-6-4-3-5-7-18)23-14-21(33-2)12-13-24(23)29(17)26(31)19-8-10-20(27)11-9-19/h3-14,32H,15-16H2,1-2H3. The normalized spacial score (nSPS) is 10.9. The molecule has 4 rings (SSSR count). The molecule has 168 valence electrons. The molecule has 0 aliphatic rings. The molecule has 0 atom stereocenters. The fourth-order valence-corrected chi connectivity index (χ4v) is 4.01. The predicted molar refractivity (Wildman–Crippen MR) is 127 cm³/mol. The van der Waals surface area contributed by atoms with Crippen molar-refractivity contribution in [2.75, 3.05) is 7.11 Å². The first-order valence-electron chi connectivity index (χ1n) is 10.4. The predicted octanol–water partition coefficient (Wildman–Crippen LogP) is 5.26. The van der Waals surface area contributed by atoms with Crippen molar-refractivity contribution in [1.29, 1.82) is 0 Å². The minimum Gasteiger partial charge on any atom is -0.497 e. The lowest BCUT2D eigenvalue weighted by atomic mass is 10.1. The SMILES string of the molecule is COc1ccc2c(c1)c(CC(=O)N(O)Cc1ccccc1)c(C)n2C(=O)c1ccc(Cl)cc1. The summed E-state index contributed by atoms with van der Waals surface area (Å²) in [5, 5.41) is 12.4. The molecule has 0 aliphatic carbocycles. The minimum absolute atomic E-state index is 0.0697. The van der Waals surface area contributed by atoms with Gasteiger partial charge < -0.3 is 4.74 Å². The maximum absolute atomic E-state index is 13.4. The third kappa shape index (κ3) is 4.62. The summed E-state index contributed by atoms with van der Waals surface area (Å²) >= 11 is 5.97. The van der Waals surface area contributed by atoms with E-state index in [0.717, 1.165) is 10.9 Å². The van der Waals surface area contributed by atoms with E-state index < -0.39 is 5.91 Å². The van der Waals surface area contributed by atoms with Crippen molar-refractivity contribution in [3.8, 4) is 5.75 Å². The molecule has 6 nitrogen and oxygen atoms in total. The number of hydrogen-bond donors (Lipinski definition) is 1. The van der Waals surface area contributed by atoms with Crippen molar-refractivity contribution >= 4 is 34.3 Å². The van der Waals surface area contributed by atoms with Crippen molar-refractivity contribution in [3.63, 3.8) is 0 Å². The van der Waals surface area contributed by atoms with Crippen LogP contribution in [0.3, 0.4) is 0 Å². The van der Waals surface area contributed by atoms with Crippen LogP contribution in [0.1, 0.15) is 27.2 Å². The average Bonchev–Trinajstić information content (AvgIpc) is 3.10. The summed E-state index contributed by atoms with van der Waals surface area (Å²) < 4.78 is 6.95. The van der Waals surface area contributed by atoms with Crippen molar-refractivity contribution in [2.45, 2.75) is 19.9 Å². The molecule has 1 aromatic heterocycles. The first-order valence-corrected chi connectivity index (χ1v) is 10.8. The molecule has 0 saturated heterocycles. The number of carbonyl (C=O) groups excluding carboxylic acids is 2. The highest BCUT2D eigenvalue weighted by Crippen LogP contribution is 2.31. The number of ether oxygens (including phenoxy) is 1. The van der Waals surface area contributed by atoms with Crippen LogP contribution in [0.25, 0.3) is 10.9 Å². The molecule has 1 N–H and O–H groups in total. The first kappa shape index (κ1) is 22.6. The van der Waals surface area contributed by atoms with Crippen molar-refractivity contribution in [2.24, 2.45) is 0 Å². The van der Waals surface area contributed by atoms with Gasteiger partial charge in [0.2, 0.25) is 0 Å². The number of benzene rings is 3. The van der Waals surface area contributed by atoms with Crippen LogP contribution in [0.5, 0.6) is 5.75 Å². The number of hydrogen-bond acceptors (Lipinski definition) is 4. The summed E-state index contributed by atoms with van der Waals surface area (Å²) in [4.78, 5) is 26.3. The molecule has 0 aliphatic heterocycles. The van der Waals surface area contributed by atoms with Gasteiger partial charge in [0.1, 0.15) is 5.75 Å². The third-order valence-corrected chi connectivity index (χ3v) is 5.88. The zero-order valence-electron chi connectivity index (χ0n) is 18.3. The Bertz CT molecular complexity index is 1310. The summed E-state index contributed by atoms with van der Waals surface area (Å²) in [6, 6.07) is 21.3. The summed E-state index contributed by atoms with van der Waals surface area (Å²) in [7, 11) is 1.56. The van der Waals surface area contributed by atoms with E-state index in [1.54, 1.807) is 61.1 Å². The number of carbonyl (C=O) groups is 2. The number of hydroxylamine groups is 2. The third-order valence-electron chi connectivity index (χ3n) is 5.63. The van der Waals surface area contributed by atoms with E-state index >= 15 is 0 Å². The van der Waals surface area contributed by atoms with E-state index in [0.29, 0.717) is 38.2 Å². The molecule has 0 bridgehead atoms. The zero-order valence-corrected chi connectivity index (χ0v) is 19.0. The van der Waals surface area contributed by atoms with Crippen LogP contribution in [-0.2, 0) is 17.8 Å². The Hall–Kier alpha value is -3.61. The molecule has 1 amide bonds. The molecule has 0 saturated carbocycles. The van der Waals surface area contributed by atoms with E-state index in [1.165, 1.54) is 0 Å². The number of amides is 1. The van der Waals surface area contributed by atoms with Gasteiger partial charge in [-0.25, -0.2) is 5.06 Å². The molecule has 0 radical (unpaired) electrons. The topological polar surface area (TPSA) is 71.8 Å². The lowest BCUT2D eigenvalue weighted by molar-refractivity contribution is -0.167. The molecule has 0 spiro atoms. The van der Waals surface area contributed by atoms with Gasteiger partial charge in [0, 0.05) is 21.7 Å². The van der Waals surface area contributed by atoms with Gasteiger partial charge >= 0.3 is 0 Å². The second-order valence-electron chi connectivity index (χ2n) is 7.71. The summed E-state index contributed by atoms with van der Waals surface area (Å²) in [5.74, 6) is -0.0941. The number of nitrogens with zero attached hydrogens (tertiary/aromatic N) is 2. The van der Waals surface area contributed by atoms with Crippen LogP contribution in [0.2, 0.25) is 5.02 Å². The molecule has 4 aromatic rings. The van der Waals surface area contributed by atoms with E-state index in [9.17, 15) is 14.8 Å². The van der Waals surface area contributed by atoms with E-state index in [-0.39, 0.29) is 18.9 Å². The fourth-order valence-electron chi connectivity index (χ4n) is 3.88. The van der Waals surface area contributed by atoms with Crippen LogP contribution in [0, 0.1) is 6.92 Å². The Morgan fingerprint density at radius 3 is 2.39 bits per heavy atom. The minimum atomic E-state index is -0.470. The van der Waals surface area contributed by atoms with Crippen molar-refractivity contribution in [1.82, 2.24) is 9.63 Å². The molecular weight excluding hydrogens is 440 g/mol. The van der Waals surface area contributed by atoms with Gasteiger partial charge in [0.05, 0.1) is 25.6 Å². The Labute approximate surface area is 196 Å². The quantitative estimate of drug-likeness (QED) is 0.313. The Morgan fingerprint density at radius 1 is 1.03 bits per heavy atom. The number of aromatic nitrogens is 1. The zero-order chi connectivity index (χ0) is 23.5. The van der Waals surface area contributed by atoms with Gasteiger partial charge in [-0.1, -0.05) is 41.9 Å². The number of rotatable bonds is 6. The highest BCUT2D eigenvalue weighted by atomic mass is 35.5. The number of fused-ring (bicyclic) bond motifs is 1. The van der Waals surface area contributed by atoms with E-state index in [4.69, 9.17) is 16.3 Å². The number of halogens is 1.